The van der Waals surface area contributed by atoms with Crippen LogP contribution in [0, 0.1) is 0 Å². The molecule has 1 unspecified atom stereocenters. The van der Waals surface area contributed by atoms with Crippen LogP contribution in [0.15, 0.2) is 0 Å². The van der Waals surface area contributed by atoms with Gasteiger partial charge in [-0.25, -0.2) is 0 Å². The molecule has 0 amide bonds. The van der Waals surface area contributed by atoms with Crippen molar-refractivity contribution in [1.82, 2.24) is 9.80 Å². The Morgan fingerprint density at radius 3 is 2.65 bits per heavy atom. The Labute approximate surface area is 108 Å². The molecular formula is C11H23N3O2S. The Morgan fingerprint density at radius 2 is 2.06 bits per heavy atom. The molecule has 1 fully saturated rings. The zero-order valence-corrected chi connectivity index (χ0v) is 11.5. The molecule has 5 nitrogen and oxygen atoms in total. The van der Waals surface area contributed by atoms with Gasteiger partial charge in [-0.1, -0.05) is 0 Å². The van der Waals surface area contributed by atoms with E-state index in [1.165, 1.54) is 7.11 Å². The maximum absolute atomic E-state index is 11.1. The third kappa shape index (κ3) is 5.72. The lowest BCUT2D eigenvalue weighted by atomic mass is 10.3. The SMILES string of the molecule is COC(=O)C(N)CSCCN1CCN(C)CC1. The van der Waals surface area contributed by atoms with Crippen LogP contribution in [0.4, 0.5) is 0 Å². The van der Waals surface area contributed by atoms with E-state index in [0.717, 1.165) is 38.5 Å². The molecular weight excluding hydrogens is 238 g/mol. The number of likely N-dealkylation sites (N-methyl/N-ethyl adjacent to an activating group) is 1. The van der Waals surface area contributed by atoms with Crippen molar-refractivity contribution in [3.05, 3.63) is 0 Å². The highest BCUT2D eigenvalue weighted by Gasteiger charge is 2.15. The molecule has 1 atom stereocenters. The zero-order valence-electron chi connectivity index (χ0n) is 10.7. The lowest BCUT2D eigenvalue weighted by molar-refractivity contribution is -0.141. The van der Waals surface area contributed by atoms with Gasteiger partial charge in [-0.2, -0.15) is 11.8 Å². The van der Waals surface area contributed by atoms with Crippen molar-refractivity contribution in [3.63, 3.8) is 0 Å². The Bertz CT molecular complexity index is 233. The number of hydrogen-bond acceptors (Lipinski definition) is 6. The maximum atomic E-state index is 11.1. The molecule has 2 N–H and O–H groups in total. The molecule has 100 valence electrons. The van der Waals surface area contributed by atoms with Crippen LogP contribution in [0.3, 0.4) is 0 Å². The first-order chi connectivity index (χ1) is 8.13. The third-order valence-electron chi connectivity index (χ3n) is 2.95. The summed E-state index contributed by atoms with van der Waals surface area (Å²) in [6.07, 6.45) is 0. The largest absolute Gasteiger partial charge is 0.468 e. The van der Waals surface area contributed by atoms with Gasteiger partial charge >= 0.3 is 5.97 Å². The van der Waals surface area contributed by atoms with Gasteiger partial charge in [0.2, 0.25) is 0 Å². The van der Waals surface area contributed by atoms with Crippen LogP contribution in [-0.2, 0) is 9.53 Å². The molecule has 0 aromatic rings. The maximum Gasteiger partial charge on any atom is 0.323 e. The van der Waals surface area contributed by atoms with E-state index in [1.807, 2.05) is 0 Å². The quantitative estimate of drug-likeness (QED) is 0.512. The van der Waals surface area contributed by atoms with Crippen molar-refractivity contribution in [2.24, 2.45) is 5.73 Å². The summed E-state index contributed by atoms with van der Waals surface area (Å²) in [7, 11) is 3.53. The van der Waals surface area contributed by atoms with E-state index in [9.17, 15) is 4.79 Å². The van der Waals surface area contributed by atoms with Crippen molar-refractivity contribution < 1.29 is 9.53 Å². The Balaban J connectivity index is 2.02. The summed E-state index contributed by atoms with van der Waals surface area (Å²) in [5, 5.41) is 0. The van der Waals surface area contributed by atoms with Crippen molar-refractivity contribution in [2.75, 3.05) is 58.4 Å². The van der Waals surface area contributed by atoms with Crippen molar-refractivity contribution in [3.8, 4) is 0 Å². The number of carbonyl (C=O) groups is 1. The van der Waals surface area contributed by atoms with E-state index in [0.29, 0.717) is 5.75 Å². The smallest absolute Gasteiger partial charge is 0.323 e. The van der Waals surface area contributed by atoms with Gasteiger partial charge < -0.3 is 15.4 Å². The number of nitrogens with zero attached hydrogens (tertiary/aromatic N) is 2. The summed E-state index contributed by atoms with van der Waals surface area (Å²) in [5.74, 6) is 1.34. The minimum Gasteiger partial charge on any atom is -0.468 e. The van der Waals surface area contributed by atoms with Crippen LogP contribution in [0.1, 0.15) is 0 Å². The standard InChI is InChI=1S/C11H23N3O2S/c1-13-3-5-14(6-4-13)7-8-17-9-10(12)11(15)16-2/h10H,3-9,12H2,1-2H3. The first kappa shape index (κ1) is 14.8. The fourth-order valence-electron chi connectivity index (χ4n) is 1.69. The molecule has 0 aliphatic carbocycles. The summed E-state index contributed by atoms with van der Waals surface area (Å²) in [4.78, 5) is 15.9. The lowest BCUT2D eigenvalue weighted by Crippen LogP contribution is -2.45. The summed E-state index contributed by atoms with van der Waals surface area (Å²) in [6.45, 7) is 5.64. The van der Waals surface area contributed by atoms with Crippen LogP contribution >= 0.6 is 11.8 Å². The van der Waals surface area contributed by atoms with Gasteiger partial charge in [-0.15, -0.1) is 0 Å². The van der Waals surface area contributed by atoms with Crippen LogP contribution in [-0.4, -0.2) is 80.2 Å². The van der Waals surface area contributed by atoms with Gasteiger partial charge in [-0.3, -0.25) is 9.69 Å². The fraction of sp³-hybridized carbons (Fsp3) is 0.909. The second-order valence-corrected chi connectivity index (χ2v) is 5.50. The number of carbonyl (C=O) groups excluding carboxylic acids is 1. The van der Waals surface area contributed by atoms with Gasteiger partial charge in [-0.05, 0) is 7.05 Å². The number of hydrogen-bond donors (Lipinski definition) is 1. The Morgan fingerprint density at radius 1 is 1.41 bits per heavy atom. The van der Waals surface area contributed by atoms with E-state index in [1.54, 1.807) is 11.8 Å². The van der Waals surface area contributed by atoms with Crippen molar-refractivity contribution in [1.29, 1.82) is 0 Å². The van der Waals surface area contributed by atoms with E-state index in [-0.39, 0.29) is 5.97 Å². The number of piperazine rings is 1. The molecule has 1 heterocycles. The van der Waals surface area contributed by atoms with Crippen LogP contribution < -0.4 is 5.73 Å². The molecule has 0 bridgehead atoms. The summed E-state index contributed by atoms with van der Waals surface area (Å²) in [6, 6.07) is -0.488. The lowest BCUT2D eigenvalue weighted by Gasteiger charge is -2.32. The van der Waals surface area contributed by atoms with Crippen LogP contribution in [0.25, 0.3) is 0 Å². The number of thioether (sulfide) groups is 1. The monoisotopic (exact) mass is 261 g/mol. The van der Waals surface area contributed by atoms with Gasteiger partial charge in [0, 0.05) is 44.2 Å². The normalized spacial score (nSPS) is 20.2. The number of rotatable bonds is 6. The van der Waals surface area contributed by atoms with Crippen LogP contribution in [0.2, 0.25) is 0 Å². The van der Waals surface area contributed by atoms with E-state index in [4.69, 9.17) is 5.73 Å². The average molecular weight is 261 g/mol. The average Bonchev–Trinajstić information content (AvgIpc) is 2.35. The van der Waals surface area contributed by atoms with E-state index in [2.05, 4.69) is 21.6 Å². The molecule has 1 saturated heterocycles. The Hall–Kier alpha value is -0.300. The predicted molar refractivity (Wildman–Crippen MR) is 71.3 cm³/mol. The molecule has 0 aromatic heterocycles. The highest BCUT2D eigenvalue weighted by molar-refractivity contribution is 7.99. The molecule has 0 radical (unpaired) electrons. The highest BCUT2D eigenvalue weighted by atomic mass is 32.2. The molecule has 1 rings (SSSR count). The first-order valence-corrected chi connectivity index (χ1v) is 7.11. The molecule has 0 saturated carbocycles. The summed E-state index contributed by atoms with van der Waals surface area (Å²) < 4.78 is 4.58. The fourth-order valence-corrected chi connectivity index (χ4v) is 2.64. The third-order valence-corrected chi connectivity index (χ3v) is 4.02. The topological polar surface area (TPSA) is 58.8 Å². The molecule has 6 heteroatoms. The van der Waals surface area contributed by atoms with Gasteiger partial charge in [0.25, 0.3) is 0 Å². The first-order valence-electron chi connectivity index (χ1n) is 5.95. The molecule has 0 spiro atoms. The second kappa shape index (κ2) is 7.92. The summed E-state index contributed by atoms with van der Waals surface area (Å²) in [5.41, 5.74) is 5.65. The van der Waals surface area contributed by atoms with E-state index < -0.39 is 6.04 Å². The van der Waals surface area contributed by atoms with Crippen molar-refractivity contribution in [2.45, 2.75) is 6.04 Å². The predicted octanol–water partition coefficient (Wildman–Crippen LogP) is -0.533. The van der Waals surface area contributed by atoms with Crippen LogP contribution in [0.5, 0.6) is 0 Å². The molecule has 0 aromatic carbocycles. The van der Waals surface area contributed by atoms with Gasteiger partial charge in [0.15, 0.2) is 0 Å². The number of methoxy groups -OCH3 is 1. The van der Waals surface area contributed by atoms with Gasteiger partial charge in [0.05, 0.1) is 7.11 Å². The highest BCUT2D eigenvalue weighted by Crippen LogP contribution is 2.05. The molecule has 1 aliphatic heterocycles. The second-order valence-electron chi connectivity index (χ2n) is 4.35. The Kier molecular flexibility index (Phi) is 6.87. The van der Waals surface area contributed by atoms with E-state index >= 15 is 0 Å². The number of ether oxygens (including phenoxy) is 1. The molecule has 1 aliphatic rings. The molecule has 17 heavy (non-hydrogen) atoms. The number of nitrogens with two attached hydrogens (primary N) is 1. The minimum absolute atomic E-state index is 0.322. The summed E-state index contributed by atoms with van der Waals surface area (Å²) >= 11 is 1.72. The van der Waals surface area contributed by atoms with Crippen molar-refractivity contribution >= 4 is 17.7 Å². The van der Waals surface area contributed by atoms with Gasteiger partial charge in [0.1, 0.15) is 6.04 Å². The number of esters is 1. The zero-order chi connectivity index (χ0) is 12.7. The minimum atomic E-state index is -0.488.